The number of rotatable bonds is 3. The number of amides is 1. The average molecular weight is 330 g/mol. The first-order valence-electron chi connectivity index (χ1n) is 7.51. The topological polar surface area (TPSA) is 55.1 Å². The van der Waals surface area contributed by atoms with E-state index in [1.807, 2.05) is 13.8 Å². The SMILES string of the molecule is CC.CC#Cc1cc(F)cc(Nc2ccc(C)cc2F)c1C(N)=O. The summed E-state index contributed by atoms with van der Waals surface area (Å²) in [5.74, 6) is 3.33. The second-order valence-corrected chi connectivity index (χ2v) is 4.72. The van der Waals surface area contributed by atoms with Crippen LogP contribution in [0.1, 0.15) is 42.3 Å². The van der Waals surface area contributed by atoms with Crippen molar-refractivity contribution in [1.29, 1.82) is 0 Å². The fraction of sp³-hybridized carbons (Fsp3) is 0.211. The summed E-state index contributed by atoms with van der Waals surface area (Å²) in [7, 11) is 0. The molecule has 126 valence electrons. The Morgan fingerprint density at radius 1 is 1.12 bits per heavy atom. The van der Waals surface area contributed by atoms with Crippen LogP contribution < -0.4 is 11.1 Å². The molecule has 24 heavy (non-hydrogen) atoms. The van der Waals surface area contributed by atoms with Crippen LogP contribution in [0.3, 0.4) is 0 Å². The van der Waals surface area contributed by atoms with Crippen LogP contribution in [0.25, 0.3) is 0 Å². The van der Waals surface area contributed by atoms with E-state index in [2.05, 4.69) is 17.2 Å². The van der Waals surface area contributed by atoms with E-state index in [4.69, 9.17) is 5.73 Å². The molecule has 0 spiro atoms. The lowest BCUT2D eigenvalue weighted by Gasteiger charge is -2.13. The van der Waals surface area contributed by atoms with Gasteiger partial charge in [0.1, 0.15) is 11.6 Å². The molecule has 0 aliphatic rings. The molecule has 2 rings (SSSR count). The van der Waals surface area contributed by atoms with Crippen molar-refractivity contribution >= 4 is 17.3 Å². The number of primary amides is 1. The Balaban J connectivity index is 0.00000139. The molecule has 1 amide bonds. The zero-order chi connectivity index (χ0) is 18.3. The van der Waals surface area contributed by atoms with Crippen LogP contribution in [0.2, 0.25) is 0 Å². The van der Waals surface area contributed by atoms with Gasteiger partial charge in [0.05, 0.1) is 16.9 Å². The first-order chi connectivity index (χ1) is 11.4. The van der Waals surface area contributed by atoms with Crippen molar-refractivity contribution in [1.82, 2.24) is 0 Å². The van der Waals surface area contributed by atoms with Crippen molar-refractivity contribution in [3.63, 3.8) is 0 Å². The van der Waals surface area contributed by atoms with Crippen molar-refractivity contribution < 1.29 is 13.6 Å². The van der Waals surface area contributed by atoms with E-state index >= 15 is 0 Å². The van der Waals surface area contributed by atoms with Gasteiger partial charge in [0.15, 0.2) is 0 Å². The number of carbonyl (C=O) groups is 1. The number of benzene rings is 2. The number of carbonyl (C=O) groups excluding carboxylic acids is 1. The van der Waals surface area contributed by atoms with E-state index in [9.17, 15) is 13.6 Å². The molecule has 0 atom stereocenters. The van der Waals surface area contributed by atoms with Gasteiger partial charge in [0.25, 0.3) is 5.91 Å². The molecule has 0 aromatic heterocycles. The molecule has 2 aromatic carbocycles. The van der Waals surface area contributed by atoms with Crippen molar-refractivity contribution in [2.45, 2.75) is 27.7 Å². The van der Waals surface area contributed by atoms with Gasteiger partial charge in [0, 0.05) is 5.56 Å². The van der Waals surface area contributed by atoms with Crippen LogP contribution in [0.4, 0.5) is 20.2 Å². The number of nitrogens with two attached hydrogens (primary N) is 1. The van der Waals surface area contributed by atoms with Crippen LogP contribution >= 0.6 is 0 Å². The van der Waals surface area contributed by atoms with Gasteiger partial charge in [-0.25, -0.2) is 8.78 Å². The second kappa shape index (κ2) is 8.68. The predicted octanol–water partition coefficient (Wildman–Crippen LogP) is 4.51. The van der Waals surface area contributed by atoms with Gasteiger partial charge in [-0.05, 0) is 43.7 Å². The molecule has 3 N–H and O–H groups in total. The molecule has 0 fully saturated rings. The highest BCUT2D eigenvalue weighted by Gasteiger charge is 2.16. The molecular weight excluding hydrogens is 310 g/mol. The van der Waals surface area contributed by atoms with E-state index in [1.165, 1.54) is 12.1 Å². The highest BCUT2D eigenvalue weighted by molar-refractivity contribution is 6.01. The van der Waals surface area contributed by atoms with E-state index in [-0.39, 0.29) is 22.5 Å². The molecule has 0 aliphatic heterocycles. The number of nitrogens with one attached hydrogen (secondary N) is 1. The molecule has 0 heterocycles. The lowest BCUT2D eigenvalue weighted by Crippen LogP contribution is -2.16. The Morgan fingerprint density at radius 3 is 2.33 bits per heavy atom. The Bertz CT molecular complexity index is 805. The lowest BCUT2D eigenvalue weighted by molar-refractivity contribution is 0.100. The molecule has 0 unspecified atom stereocenters. The normalized spacial score (nSPS) is 9.25. The van der Waals surface area contributed by atoms with Crippen molar-refractivity contribution in [2.24, 2.45) is 5.73 Å². The van der Waals surface area contributed by atoms with E-state index in [0.717, 1.165) is 17.7 Å². The summed E-state index contributed by atoms with van der Waals surface area (Å²) in [6.45, 7) is 7.31. The van der Waals surface area contributed by atoms with Crippen molar-refractivity contribution in [2.75, 3.05) is 5.32 Å². The van der Waals surface area contributed by atoms with Gasteiger partial charge in [-0.3, -0.25) is 4.79 Å². The minimum absolute atomic E-state index is 0.0238. The average Bonchev–Trinajstić information content (AvgIpc) is 2.51. The van der Waals surface area contributed by atoms with Crippen molar-refractivity contribution in [3.8, 4) is 11.8 Å². The number of anilines is 2. The molecule has 0 saturated carbocycles. The minimum atomic E-state index is -0.771. The zero-order valence-electron chi connectivity index (χ0n) is 14.1. The van der Waals surface area contributed by atoms with E-state index in [0.29, 0.717) is 0 Å². The van der Waals surface area contributed by atoms with Crippen LogP contribution in [0, 0.1) is 30.4 Å². The fourth-order valence-electron chi connectivity index (χ4n) is 2.07. The molecule has 0 radical (unpaired) electrons. The molecule has 3 nitrogen and oxygen atoms in total. The summed E-state index contributed by atoms with van der Waals surface area (Å²) in [6, 6.07) is 6.73. The Kier molecular flexibility index (Phi) is 6.94. The summed E-state index contributed by atoms with van der Waals surface area (Å²) in [6.07, 6.45) is 0. The summed E-state index contributed by atoms with van der Waals surface area (Å²) in [5, 5.41) is 2.71. The summed E-state index contributed by atoms with van der Waals surface area (Å²) in [4.78, 5) is 11.7. The smallest absolute Gasteiger partial charge is 0.252 e. The molecule has 0 saturated heterocycles. The quantitative estimate of drug-likeness (QED) is 0.813. The monoisotopic (exact) mass is 330 g/mol. The van der Waals surface area contributed by atoms with E-state index < -0.39 is 17.5 Å². The van der Waals surface area contributed by atoms with Crippen LogP contribution in [-0.4, -0.2) is 5.91 Å². The zero-order valence-corrected chi connectivity index (χ0v) is 14.1. The first-order valence-corrected chi connectivity index (χ1v) is 7.51. The number of halogens is 2. The fourth-order valence-corrected chi connectivity index (χ4v) is 2.07. The summed E-state index contributed by atoms with van der Waals surface area (Å²) >= 11 is 0. The van der Waals surface area contributed by atoms with Gasteiger partial charge in [-0.2, -0.15) is 0 Å². The standard InChI is InChI=1S/C17H14F2N2O.C2H6/c1-3-4-11-8-12(18)9-15(16(11)17(20)22)21-14-6-5-10(2)7-13(14)19;1-2/h5-9,21H,1-2H3,(H2,20,22);1-2H3. The number of hydrogen-bond acceptors (Lipinski definition) is 2. The van der Waals surface area contributed by atoms with Crippen LogP contribution in [0.15, 0.2) is 30.3 Å². The predicted molar refractivity (Wildman–Crippen MR) is 93.2 cm³/mol. The van der Waals surface area contributed by atoms with Crippen molar-refractivity contribution in [3.05, 3.63) is 58.7 Å². The lowest BCUT2D eigenvalue weighted by atomic mass is 10.0. The Morgan fingerprint density at radius 2 is 1.79 bits per heavy atom. The van der Waals surface area contributed by atoms with Crippen LogP contribution in [0.5, 0.6) is 0 Å². The highest BCUT2D eigenvalue weighted by atomic mass is 19.1. The minimum Gasteiger partial charge on any atom is -0.365 e. The summed E-state index contributed by atoms with van der Waals surface area (Å²) in [5.41, 5.74) is 6.47. The summed E-state index contributed by atoms with van der Waals surface area (Å²) < 4.78 is 27.6. The maximum absolute atomic E-state index is 13.9. The highest BCUT2D eigenvalue weighted by Crippen LogP contribution is 2.27. The van der Waals surface area contributed by atoms with Crippen LogP contribution in [-0.2, 0) is 0 Å². The third kappa shape index (κ3) is 4.56. The Hall–Kier alpha value is -2.87. The number of hydrogen-bond donors (Lipinski definition) is 2. The third-order valence-corrected chi connectivity index (χ3v) is 3.00. The molecule has 5 heteroatoms. The van der Waals surface area contributed by atoms with E-state index in [1.54, 1.807) is 19.9 Å². The first kappa shape index (κ1) is 19.2. The van der Waals surface area contributed by atoms with Gasteiger partial charge in [-0.1, -0.05) is 25.8 Å². The molecule has 0 bridgehead atoms. The number of aryl methyl sites for hydroxylation is 1. The van der Waals surface area contributed by atoms with Gasteiger partial charge < -0.3 is 11.1 Å². The molecule has 2 aromatic rings. The largest absolute Gasteiger partial charge is 0.365 e. The maximum Gasteiger partial charge on any atom is 0.252 e. The van der Waals surface area contributed by atoms with Gasteiger partial charge >= 0.3 is 0 Å². The van der Waals surface area contributed by atoms with Gasteiger partial charge in [-0.15, -0.1) is 5.92 Å². The van der Waals surface area contributed by atoms with Gasteiger partial charge in [0.2, 0.25) is 0 Å². The molecule has 0 aliphatic carbocycles. The third-order valence-electron chi connectivity index (χ3n) is 3.00. The Labute approximate surface area is 140 Å². The second-order valence-electron chi connectivity index (χ2n) is 4.72. The maximum atomic E-state index is 13.9. The molecular formula is C19H20F2N2O.